The Morgan fingerprint density at radius 1 is 1.48 bits per heavy atom. The molecular formula is C15H15ClN4O6S. The molecule has 1 aromatic heterocycles. The molecule has 1 saturated heterocycles. The molecule has 1 aromatic rings. The quantitative estimate of drug-likeness (QED) is 0.508. The number of aromatic nitrogens is 2. The number of β-lactam (4-membered cyclic amide) rings is 1. The Morgan fingerprint density at radius 3 is 2.74 bits per heavy atom. The number of halogens is 1. The molecule has 2 N–H and O–H groups in total. The standard InChI is InChI=1S/C15H15ClN4O6S/c1-6(21)26-4-7-5-27-14-10(13(23)20(14)11(7)15(24)25)17-12(22)9-8(16)3-19(2)18-9/h3,10,14H,4-5H2,1-2H3,(H,17,22)(H,24,25). The van der Waals surface area contributed by atoms with Gasteiger partial charge in [0, 0.05) is 31.5 Å². The van der Waals surface area contributed by atoms with Gasteiger partial charge in [-0.15, -0.1) is 11.8 Å². The number of nitrogens with one attached hydrogen (secondary N) is 1. The number of thioether (sulfide) groups is 1. The number of carbonyl (C=O) groups is 4. The van der Waals surface area contributed by atoms with Crippen molar-refractivity contribution in [1.82, 2.24) is 20.0 Å². The van der Waals surface area contributed by atoms with E-state index in [4.69, 9.17) is 16.3 Å². The highest BCUT2D eigenvalue weighted by atomic mass is 35.5. The molecule has 144 valence electrons. The molecule has 2 aliphatic rings. The molecule has 2 aliphatic heterocycles. The summed E-state index contributed by atoms with van der Waals surface area (Å²) in [5.41, 5.74) is 0.0898. The number of carboxylic acids is 1. The van der Waals surface area contributed by atoms with Crippen LogP contribution in [0.2, 0.25) is 5.02 Å². The Morgan fingerprint density at radius 2 is 2.19 bits per heavy atom. The Bertz CT molecular complexity index is 882. The molecule has 0 saturated carbocycles. The van der Waals surface area contributed by atoms with Crippen LogP contribution in [0.4, 0.5) is 0 Å². The van der Waals surface area contributed by atoms with Crippen LogP contribution in [0.1, 0.15) is 17.4 Å². The molecule has 3 heterocycles. The smallest absolute Gasteiger partial charge is 0.352 e. The van der Waals surface area contributed by atoms with E-state index < -0.39 is 35.2 Å². The van der Waals surface area contributed by atoms with Crippen molar-refractivity contribution in [3.05, 3.63) is 28.2 Å². The SMILES string of the molecule is CC(=O)OCC1=C(C(=O)O)N2C(=O)C(NC(=O)c3nn(C)cc3Cl)C2SC1. The molecule has 1 fully saturated rings. The van der Waals surface area contributed by atoms with Crippen LogP contribution in [0.25, 0.3) is 0 Å². The molecule has 0 aliphatic carbocycles. The molecule has 2 amide bonds. The van der Waals surface area contributed by atoms with Gasteiger partial charge in [-0.25, -0.2) is 4.79 Å². The summed E-state index contributed by atoms with van der Waals surface area (Å²) in [5, 5.41) is 15.5. The van der Waals surface area contributed by atoms with Crippen molar-refractivity contribution in [3.63, 3.8) is 0 Å². The fourth-order valence-electron chi connectivity index (χ4n) is 2.81. The number of aryl methyl sites for hydroxylation is 1. The van der Waals surface area contributed by atoms with E-state index in [-0.39, 0.29) is 28.8 Å². The molecule has 3 rings (SSSR count). The van der Waals surface area contributed by atoms with Crippen LogP contribution < -0.4 is 5.32 Å². The normalized spacial score (nSPS) is 21.4. The lowest BCUT2D eigenvalue weighted by Crippen LogP contribution is -2.70. The van der Waals surface area contributed by atoms with E-state index in [1.54, 1.807) is 7.05 Å². The van der Waals surface area contributed by atoms with Gasteiger partial charge in [0.15, 0.2) is 5.69 Å². The number of hydrogen-bond donors (Lipinski definition) is 2. The maximum Gasteiger partial charge on any atom is 0.352 e. The van der Waals surface area contributed by atoms with Gasteiger partial charge in [0.25, 0.3) is 11.8 Å². The van der Waals surface area contributed by atoms with Crippen LogP contribution >= 0.6 is 23.4 Å². The van der Waals surface area contributed by atoms with Gasteiger partial charge >= 0.3 is 11.9 Å². The largest absolute Gasteiger partial charge is 0.477 e. The molecule has 0 aromatic carbocycles. The van der Waals surface area contributed by atoms with E-state index in [9.17, 15) is 24.3 Å². The molecule has 0 bridgehead atoms. The number of hydrogen-bond acceptors (Lipinski definition) is 7. The van der Waals surface area contributed by atoms with Crippen LogP contribution in [0.15, 0.2) is 17.5 Å². The van der Waals surface area contributed by atoms with Crippen molar-refractivity contribution < 1.29 is 29.0 Å². The van der Waals surface area contributed by atoms with Crippen molar-refractivity contribution in [2.24, 2.45) is 7.05 Å². The number of rotatable bonds is 5. The third-order valence-electron chi connectivity index (χ3n) is 3.99. The molecule has 0 radical (unpaired) electrons. The van der Waals surface area contributed by atoms with Crippen LogP contribution in [-0.2, 0) is 26.2 Å². The molecule has 0 spiro atoms. The first-order valence-corrected chi connectivity index (χ1v) is 9.16. The molecular weight excluding hydrogens is 400 g/mol. The Balaban J connectivity index is 1.77. The van der Waals surface area contributed by atoms with E-state index in [1.807, 2.05) is 0 Å². The maximum absolute atomic E-state index is 12.5. The summed E-state index contributed by atoms with van der Waals surface area (Å²) < 4.78 is 6.23. The third kappa shape index (κ3) is 3.52. The van der Waals surface area contributed by atoms with Crippen molar-refractivity contribution >= 4 is 47.1 Å². The second kappa shape index (κ2) is 7.24. The summed E-state index contributed by atoms with van der Waals surface area (Å²) in [6, 6.07) is -0.898. The topological polar surface area (TPSA) is 131 Å². The second-order valence-electron chi connectivity index (χ2n) is 5.90. The van der Waals surface area contributed by atoms with Crippen LogP contribution in [0, 0.1) is 0 Å². The van der Waals surface area contributed by atoms with E-state index in [0.29, 0.717) is 5.57 Å². The predicted molar refractivity (Wildman–Crippen MR) is 93.9 cm³/mol. The fraction of sp³-hybridized carbons (Fsp3) is 0.400. The molecule has 2 atom stereocenters. The van der Waals surface area contributed by atoms with Crippen LogP contribution in [-0.4, -0.2) is 67.3 Å². The zero-order chi connectivity index (χ0) is 19.9. The summed E-state index contributed by atoms with van der Waals surface area (Å²) in [4.78, 5) is 48.5. The second-order valence-corrected chi connectivity index (χ2v) is 7.41. The van der Waals surface area contributed by atoms with Gasteiger partial charge in [0.05, 0.1) is 5.02 Å². The van der Waals surface area contributed by atoms with Crippen molar-refractivity contribution in [3.8, 4) is 0 Å². The van der Waals surface area contributed by atoms with E-state index in [2.05, 4.69) is 10.4 Å². The third-order valence-corrected chi connectivity index (χ3v) is 5.60. The lowest BCUT2D eigenvalue weighted by molar-refractivity contribution is -0.149. The van der Waals surface area contributed by atoms with Crippen molar-refractivity contribution in [2.45, 2.75) is 18.3 Å². The average Bonchev–Trinajstić information content (AvgIpc) is 2.94. The van der Waals surface area contributed by atoms with Gasteiger partial charge in [0.1, 0.15) is 23.7 Å². The molecule has 27 heavy (non-hydrogen) atoms. The Hall–Kier alpha value is -2.53. The van der Waals surface area contributed by atoms with E-state index in [1.165, 1.54) is 29.6 Å². The number of ether oxygens (including phenoxy) is 1. The minimum Gasteiger partial charge on any atom is -0.477 e. The molecule has 12 heteroatoms. The zero-order valence-electron chi connectivity index (χ0n) is 14.3. The zero-order valence-corrected chi connectivity index (χ0v) is 15.8. The van der Waals surface area contributed by atoms with Crippen molar-refractivity contribution in [1.29, 1.82) is 0 Å². The first-order valence-electron chi connectivity index (χ1n) is 7.74. The summed E-state index contributed by atoms with van der Waals surface area (Å²) in [7, 11) is 1.60. The monoisotopic (exact) mass is 414 g/mol. The number of esters is 1. The lowest BCUT2D eigenvalue weighted by atomic mass is 10.0. The number of nitrogens with zero attached hydrogens (tertiary/aromatic N) is 3. The Kier molecular flexibility index (Phi) is 5.16. The van der Waals surface area contributed by atoms with Crippen LogP contribution in [0.3, 0.4) is 0 Å². The maximum atomic E-state index is 12.5. The van der Waals surface area contributed by atoms with Crippen LogP contribution in [0.5, 0.6) is 0 Å². The first kappa shape index (κ1) is 19.2. The van der Waals surface area contributed by atoms with Gasteiger partial charge in [-0.3, -0.25) is 24.0 Å². The number of fused-ring (bicyclic) bond motifs is 1. The van der Waals surface area contributed by atoms with Gasteiger partial charge in [-0.1, -0.05) is 11.6 Å². The molecule has 10 nitrogen and oxygen atoms in total. The van der Waals surface area contributed by atoms with Gasteiger partial charge in [0.2, 0.25) is 0 Å². The molecule has 2 unspecified atom stereocenters. The summed E-state index contributed by atoms with van der Waals surface area (Å²) in [6.45, 7) is 1.00. The summed E-state index contributed by atoms with van der Waals surface area (Å²) in [6.07, 6.45) is 1.45. The van der Waals surface area contributed by atoms with Crippen molar-refractivity contribution in [2.75, 3.05) is 12.4 Å². The van der Waals surface area contributed by atoms with Gasteiger partial charge in [-0.05, 0) is 0 Å². The van der Waals surface area contributed by atoms with Gasteiger partial charge in [-0.2, -0.15) is 5.10 Å². The number of aliphatic carboxylic acids is 1. The number of amides is 2. The number of carbonyl (C=O) groups excluding carboxylic acids is 3. The average molecular weight is 415 g/mol. The summed E-state index contributed by atoms with van der Waals surface area (Å²) >= 11 is 7.20. The number of carboxylic acid groups (broad SMARTS) is 1. The fourth-order valence-corrected chi connectivity index (χ4v) is 4.40. The van der Waals surface area contributed by atoms with E-state index in [0.717, 1.165) is 4.90 Å². The first-order chi connectivity index (χ1) is 12.7. The highest BCUT2D eigenvalue weighted by Crippen LogP contribution is 2.40. The minimum atomic E-state index is -1.30. The summed E-state index contributed by atoms with van der Waals surface area (Å²) in [5.74, 6) is -2.78. The Labute approximate surface area is 162 Å². The highest BCUT2D eigenvalue weighted by Gasteiger charge is 2.54. The van der Waals surface area contributed by atoms with Gasteiger partial charge < -0.3 is 15.2 Å². The predicted octanol–water partition coefficient (Wildman–Crippen LogP) is -0.0112. The highest BCUT2D eigenvalue weighted by molar-refractivity contribution is 8.00. The van der Waals surface area contributed by atoms with E-state index >= 15 is 0 Å². The lowest BCUT2D eigenvalue weighted by Gasteiger charge is -2.49. The minimum absolute atomic E-state index is 0.0178.